The summed E-state index contributed by atoms with van der Waals surface area (Å²) in [6.45, 7) is 2.85. The highest BCUT2D eigenvalue weighted by Crippen LogP contribution is 2.18. The fourth-order valence-electron chi connectivity index (χ4n) is 2.22. The van der Waals surface area contributed by atoms with Gasteiger partial charge in [0, 0.05) is 30.6 Å². The van der Waals surface area contributed by atoms with E-state index in [0.717, 1.165) is 17.4 Å². The van der Waals surface area contributed by atoms with E-state index in [2.05, 4.69) is 28.0 Å². The molecule has 1 atom stereocenters. The molecule has 2 rings (SSSR count). The van der Waals surface area contributed by atoms with Crippen molar-refractivity contribution in [2.24, 2.45) is 10.9 Å². The zero-order valence-electron chi connectivity index (χ0n) is 11.8. The third kappa shape index (κ3) is 3.24. The van der Waals surface area contributed by atoms with E-state index in [9.17, 15) is 0 Å². The topological polar surface area (TPSA) is 74.7 Å². The zero-order chi connectivity index (χ0) is 14.5. The molecule has 1 heterocycles. The number of hydrogen-bond acceptors (Lipinski definition) is 4. The van der Waals surface area contributed by atoms with E-state index in [1.165, 1.54) is 5.56 Å². The highest BCUT2D eigenvalue weighted by Gasteiger charge is 2.13. The molecule has 0 saturated carbocycles. The van der Waals surface area contributed by atoms with E-state index in [0.29, 0.717) is 6.42 Å². The van der Waals surface area contributed by atoms with Gasteiger partial charge >= 0.3 is 0 Å². The van der Waals surface area contributed by atoms with E-state index < -0.39 is 0 Å². The van der Waals surface area contributed by atoms with Crippen LogP contribution in [0.5, 0.6) is 0 Å². The summed E-state index contributed by atoms with van der Waals surface area (Å²) in [5.74, 6) is 0.254. The number of nitrogens with two attached hydrogens (primary N) is 1. The van der Waals surface area contributed by atoms with Gasteiger partial charge in [0.25, 0.3) is 0 Å². The number of oxime groups is 1. The lowest BCUT2D eigenvalue weighted by atomic mass is 10.1. The molecule has 5 nitrogen and oxygen atoms in total. The predicted octanol–water partition coefficient (Wildman–Crippen LogP) is 2.19. The highest BCUT2D eigenvalue weighted by atomic mass is 16.4. The molecule has 20 heavy (non-hydrogen) atoms. The number of para-hydroxylation sites is 1. The van der Waals surface area contributed by atoms with E-state index in [1.807, 2.05) is 37.5 Å². The summed E-state index contributed by atoms with van der Waals surface area (Å²) in [4.78, 5) is 6.55. The third-order valence-electron chi connectivity index (χ3n) is 3.54. The summed E-state index contributed by atoms with van der Waals surface area (Å²) >= 11 is 0. The van der Waals surface area contributed by atoms with Crippen LogP contribution in [0.1, 0.15) is 18.9 Å². The Morgan fingerprint density at radius 2 is 2.15 bits per heavy atom. The summed E-state index contributed by atoms with van der Waals surface area (Å²) in [6.07, 6.45) is 2.37. The lowest BCUT2D eigenvalue weighted by Crippen LogP contribution is -2.32. The molecule has 0 spiro atoms. The molecule has 1 aromatic heterocycles. The van der Waals surface area contributed by atoms with Gasteiger partial charge in [-0.15, -0.1) is 0 Å². The van der Waals surface area contributed by atoms with Crippen LogP contribution in [0.3, 0.4) is 0 Å². The van der Waals surface area contributed by atoms with Crippen molar-refractivity contribution in [3.8, 4) is 0 Å². The van der Waals surface area contributed by atoms with Gasteiger partial charge in [-0.25, -0.2) is 0 Å². The van der Waals surface area contributed by atoms with Crippen LogP contribution >= 0.6 is 0 Å². The van der Waals surface area contributed by atoms with Crippen LogP contribution in [0.2, 0.25) is 0 Å². The van der Waals surface area contributed by atoms with Crippen LogP contribution in [0.25, 0.3) is 10.9 Å². The maximum absolute atomic E-state index is 8.63. The van der Waals surface area contributed by atoms with Gasteiger partial charge in [0.05, 0.1) is 5.52 Å². The second-order valence-electron chi connectivity index (χ2n) is 5.05. The van der Waals surface area contributed by atoms with Crippen molar-refractivity contribution in [1.82, 2.24) is 9.88 Å². The predicted molar refractivity (Wildman–Crippen MR) is 80.7 cm³/mol. The van der Waals surface area contributed by atoms with Crippen LogP contribution in [-0.4, -0.2) is 34.0 Å². The minimum atomic E-state index is 0.192. The number of nitrogens with zero attached hydrogens (tertiary/aromatic N) is 3. The lowest BCUT2D eigenvalue weighted by Gasteiger charge is -2.24. The van der Waals surface area contributed by atoms with E-state index in [4.69, 9.17) is 10.9 Å². The van der Waals surface area contributed by atoms with Gasteiger partial charge in [0.15, 0.2) is 0 Å². The van der Waals surface area contributed by atoms with Crippen LogP contribution < -0.4 is 5.73 Å². The van der Waals surface area contributed by atoms with Crippen molar-refractivity contribution >= 4 is 16.7 Å². The Morgan fingerprint density at radius 3 is 2.90 bits per heavy atom. The number of fused-ring (bicyclic) bond motifs is 1. The SMILES string of the molecule is CC(CC(N)=NO)N(C)Cc1ccnc2ccccc12. The monoisotopic (exact) mass is 272 g/mol. The fraction of sp³-hybridized carbons (Fsp3) is 0.333. The molecule has 0 bridgehead atoms. The standard InChI is InChI=1S/C15H20N4O/c1-11(9-15(16)18-20)19(2)10-12-7-8-17-14-6-4-3-5-13(12)14/h3-8,11,20H,9-10H2,1-2H3,(H2,16,18). The van der Waals surface area contributed by atoms with Crippen molar-refractivity contribution in [1.29, 1.82) is 0 Å². The Bertz CT molecular complexity index is 606. The molecule has 0 fully saturated rings. The molecule has 106 valence electrons. The molecule has 2 aromatic rings. The molecule has 1 unspecified atom stereocenters. The minimum absolute atomic E-state index is 0.192. The average molecular weight is 272 g/mol. The number of amidine groups is 1. The number of pyridine rings is 1. The molecule has 0 aliphatic heterocycles. The Kier molecular flexibility index (Phi) is 4.53. The molecule has 0 amide bonds. The van der Waals surface area contributed by atoms with Crippen LogP contribution in [0.15, 0.2) is 41.7 Å². The van der Waals surface area contributed by atoms with Crippen LogP contribution in [0, 0.1) is 0 Å². The first-order valence-electron chi connectivity index (χ1n) is 6.61. The third-order valence-corrected chi connectivity index (χ3v) is 3.54. The molecule has 0 saturated heterocycles. The molecule has 1 aromatic carbocycles. The van der Waals surface area contributed by atoms with Gasteiger partial charge in [-0.1, -0.05) is 23.4 Å². The maximum Gasteiger partial charge on any atom is 0.140 e. The summed E-state index contributed by atoms with van der Waals surface area (Å²) in [5, 5.41) is 12.8. The van der Waals surface area contributed by atoms with E-state index in [1.54, 1.807) is 0 Å². The lowest BCUT2D eigenvalue weighted by molar-refractivity contribution is 0.251. The quantitative estimate of drug-likeness (QED) is 0.379. The van der Waals surface area contributed by atoms with Crippen molar-refractivity contribution in [2.75, 3.05) is 7.05 Å². The first-order chi connectivity index (χ1) is 9.61. The Hall–Kier alpha value is -2.14. The largest absolute Gasteiger partial charge is 0.409 e. The Balaban J connectivity index is 2.15. The Labute approximate surface area is 118 Å². The molecule has 5 heteroatoms. The van der Waals surface area contributed by atoms with Gasteiger partial charge in [0.2, 0.25) is 0 Å². The van der Waals surface area contributed by atoms with Gasteiger partial charge in [-0.2, -0.15) is 0 Å². The molecule has 0 aliphatic rings. The minimum Gasteiger partial charge on any atom is -0.409 e. The number of aromatic nitrogens is 1. The summed E-state index contributed by atoms with van der Waals surface area (Å²) in [6, 6.07) is 10.3. The molecular weight excluding hydrogens is 252 g/mol. The van der Waals surface area contributed by atoms with E-state index in [-0.39, 0.29) is 11.9 Å². The Morgan fingerprint density at radius 1 is 1.40 bits per heavy atom. The normalized spacial score (nSPS) is 13.8. The molecule has 0 radical (unpaired) electrons. The van der Waals surface area contributed by atoms with Crippen molar-refractivity contribution in [3.63, 3.8) is 0 Å². The highest BCUT2D eigenvalue weighted by molar-refractivity contribution is 5.82. The fourth-order valence-corrected chi connectivity index (χ4v) is 2.22. The first kappa shape index (κ1) is 14.3. The van der Waals surface area contributed by atoms with Gasteiger partial charge < -0.3 is 10.9 Å². The smallest absolute Gasteiger partial charge is 0.140 e. The first-order valence-corrected chi connectivity index (χ1v) is 6.61. The number of benzene rings is 1. The average Bonchev–Trinajstić information content (AvgIpc) is 2.47. The summed E-state index contributed by atoms with van der Waals surface area (Å²) in [5.41, 5.74) is 7.79. The maximum atomic E-state index is 8.63. The molecule has 0 aliphatic carbocycles. The zero-order valence-corrected chi connectivity index (χ0v) is 11.8. The van der Waals surface area contributed by atoms with Gasteiger partial charge in [0.1, 0.15) is 5.84 Å². The summed E-state index contributed by atoms with van der Waals surface area (Å²) in [7, 11) is 2.03. The molecule has 3 N–H and O–H groups in total. The number of hydrogen-bond donors (Lipinski definition) is 2. The van der Waals surface area contributed by atoms with E-state index >= 15 is 0 Å². The second kappa shape index (κ2) is 6.34. The second-order valence-corrected chi connectivity index (χ2v) is 5.05. The van der Waals surface area contributed by atoms with Crippen molar-refractivity contribution in [2.45, 2.75) is 25.9 Å². The van der Waals surface area contributed by atoms with Crippen LogP contribution in [0.4, 0.5) is 0 Å². The van der Waals surface area contributed by atoms with Crippen molar-refractivity contribution in [3.05, 3.63) is 42.1 Å². The van der Waals surface area contributed by atoms with Gasteiger partial charge in [-0.05, 0) is 31.7 Å². The van der Waals surface area contributed by atoms with Crippen molar-refractivity contribution < 1.29 is 5.21 Å². The van der Waals surface area contributed by atoms with Gasteiger partial charge in [-0.3, -0.25) is 9.88 Å². The molecular formula is C15H20N4O. The van der Waals surface area contributed by atoms with Crippen LogP contribution in [-0.2, 0) is 6.54 Å². The summed E-state index contributed by atoms with van der Waals surface area (Å²) < 4.78 is 0. The number of rotatable bonds is 5.